The molecule has 1 aliphatic carbocycles. The van der Waals surface area contributed by atoms with Crippen LogP contribution in [0.25, 0.3) is 0 Å². The van der Waals surface area contributed by atoms with E-state index >= 15 is 0 Å². The fourth-order valence-corrected chi connectivity index (χ4v) is 3.45. The normalized spacial score (nSPS) is 22.9. The largest absolute Gasteiger partial charge is 0.481 e. The molecule has 0 aliphatic heterocycles. The molecular formula is C18H25NO3. The molecule has 2 N–H and O–H groups in total. The Morgan fingerprint density at radius 1 is 1.18 bits per heavy atom. The van der Waals surface area contributed by atoms with Crippen molar-refractivity contribution in [2.45, 2.75) is 52.5 Å². The lowest BCUT2D eigenvalue weighted by molar-refractivity contribution is -0.149. The van der Waals surface area contributed by atoms with Crippen LogP contribution in [0, 0.1) is 25.7 Å². The molecule has 0 heterocycles. The van der Waals surface area contributed by atoms with Gasteiger partial charge in [-0.25, -0.2) is 0 Å². The van der Waals surface area contributed by atoms with Gasteiger partial charge in [0.1, 0.15) is 0 Å². The third-order valence-electron chi connectivity index (χ3n) is 4.67. The number of carboxylic acid groups (broad SMARTS) is 1. The molecule has 0 spiro atoms. The van der Waals surface area contributed by atoms with Crippen molar-refractivity contribution in [3.63, 3.8) is 0 Å². The van der Waals surface area contributed by atoms with E-state index in [9.17, 15) is 14.7 Å². The SMILES string of the molecule is Cc1ccc([C@H](C)NC(=O)[C@H]2CCCC[C@H]2C(=O)O)c(C)c1. The molecule has 0 radical (unpaired) electrons. The van der Waals surface area contributed by atoms with Crippen LogP contribution in [0.5, 0.6) is 0 Å². The topological polar surface area (TPSA) is 66.4 Å². The summed E-state index contributed by atoms with van der Waals surface area (Å²) >= 11 is 0. The fourth-order valence-electron chi connectivity index (χ4n) is 3.45. The minimum Gasteiger partial charge on any atom is -0.481 e. The lowest BCUT2D eigenvalue weighted by Gasteiger charge is -2.29. The summed E-state index contributed by atoms with van der Waals surface area (Å²) in [5.41, 5.74) is 3.42. The number of benzene rings is 1. The van der Waals surface area contributed by atoms with Crippen molar-refractivity contribution in [3.8, 4) is 0 Å². The Kier molecular flexibility index (Phi) is 5.22. The first kappa shape index (κ1) is 16.5. The van der Waals surface area contributed by atoms with E-state index in [4.69, 9.17) is 0 Å². The number of nitrogens with one attached hydrogen (secondary N) is 1. The molecule has 1 aromatic carbocycles. The second-order valence-corrected chi connectivity index (χ2v) is 6.43. The predicted octanol–water partition coefficient (Wildman–Crippen LogP) is 3.37. The average molecular weight is 303 g/mol. The molecule has 120 valence electrons. The Bertz CT molecular complexity index is 567. The summed E-state index contributed by atoms with van der Waals surface area (Å²) in [6.45, 7) is 6.03. The van der Waals surface area contributed by atoms with Crippen molar-refractivity contribution < 1.29 is 14.7 Å². The second-order valence-electron chi connectivity index (χ2n) is 6.43. The summed E-state index contributed by atoms with van der Waals surface area (Å²) in [5.74, 6) is -1.92. The monoisotopic (exact) mass is 303 g/mol. The van der Waals surface area contributed by atoms with E-state index in [2.05, 4.69) is 11.4 Å². The zero-order valence-corrected chi connectivity index (χ0v) is 13.6. The zero-order valence-electron chi connectivity index (χ0n) is 13.6. The summed E-state index contributed by atoms with van der Waals surface area (Å²) in [7, 11) is 0. The third kappa shape index (κ3) is 3.67. The van der Waals surface area contributed by atoms with Gasteiger partial charge in [0.15, 0.2) is 0 Å². The lowest BCUT2D eigenvalue weighted by atomic mass is 9.78. The average Bonchev–Trinajstić information content (AvgIpc) is 2.46. The molecule has 0 aromatic heterocycles. The van der Waals surface area contributed by atoms with E-state index in [1.807, 2.05) is 32.9 Å². The summed E-state index contributed by atoms with van der Waals surface area (Å²) < 4.78 is 0. The molecule has 2 rings (SSSR count). The first-order valence-corrected chi connectivity index (χ1v) is 8.00. The van der Waals surface area contributed by atoms with Crippen LogP contribution in [0.1, 0.15) is 55.3 Å². The highest BCUT2D eigenvalue weighted by Crippen LogP contribution is 2.31. The maximum Gasteiger partial charge on any atom is 0.307 e. The Balaban J connectivity index is 2.08. The Hall–Kier alpha value is -1.84. The van der Waals surface area contributed by atoms with Gasteiger partial charge in [-0.2, -0.15) is 0 Å². The van der Waals surface area contributed by atoms with Crippen LogP contribution in [0.15, 0.2) is 18.2 Å². The molecule has 3 atom stereocenters. The number of hydrogen-bond acceptors (Lipinski definition) is 2. The molecule has 1 aromatic rings. The van der Waals surface area contributed by atoms with E-state index in [1.165, 1.54) is 5.56 Å². The van der Waals surface area contributed by atoms with Gasteiger partial charge in [-0.15, -0.1) is 0 Å². The minimum absolute atomic E-state index is 0.107. The van der Waals surface area contributed by atoms with Gasteiger partial charge >= 0.3 is 5.97 Å². The van der Waals surface area contributed by atoms with Crippen molar-refractivity contribution in [1.82, 2.24) is 5.32 Å². The highest BCUT2D eigenvalue weighted by Gasteiger charge is 2.36. The number of amides is 1. The first-order chi connectivity index (χ1) is 10.4. The summed E-state index contributed by atoms with van der Waals surface area (Å²) in [5, 5.41) is 12.3. The van der Waals surface area contributed by atoms with Crippen LogP contribution in [-0.2, 0) is 9.59 Å². The van der Waals surface area contributed by atoms with E-state index in [0.717, 1.165) is 24.0 Å². The highest BCUT2D eigenvalue weighted by atomic mass is 16.4. The first-order valence-electron chi connectivity index (χ1n) is 8.00. The second kappa shape index (κ2) is 6.95. The number of carboxylic acids is 1. The van der Waals surface area contributed by atoms with Gasteiger partial charge in [0.05, 0.1) is 17.9 Å². The molecule has 1 aliphatic rings. The quantitative estimate of drug-likeness (QED) is 0.896. The maximum atomic E-state index is 12.5. The highest BCUT2D eigenvalue weighted by molar-refractivity contribution is 5.85. The van der Waals surface area contributed by atoms with Crippen LogP contribution in [0.3, 0.4) is 0 Å². The molecule has 22 heavy (non-hydrogen) atoms. The molecule has 0 bridgehead atoms. The van der Waals surface area contributed by atoms with Crippen LogP contribution in [0.4, 0.5) is 0 Å². The van der Waals surface area contributed by atoms with Crippen LogP contribution in [0.2, 0.25) is 0 Å². The minimum atomic E-state index is -0.848. The van der Waals surface area contributed by atoms with Gasteiger partial charge in [-0.3, -0.25) is 9.59 Å². The molecule has 1 amide bonds. The van der Waals surface area contributed by atoms with E-state index in [-0.39, 0.29) is 11.9 Å². The van der Waals surface area contributed by atoms with Gasteiger partial charge in [0, 0.05) is 0 Å². The summed E-state index contributed by atoms with van der Waals surface area (Å²) in [6, 6.07) is 6.06. The number of rotatable bonds is 4. The molecular weight excluding hydrogens is 278 g/mol. The zero-order chi connectivity index (χ0) is 16.3. The number of carbonyl (C=O) groups is 2. The van der Waals surface area contributed by atoms with Crippen LogP contribution >= 0.6 is 0 Å². The van der Waals surface area contributed by atoms with Crippen molar-refractivity contribution in [2.24, 2.45) is 11.8 Å². The molecule has 4 nitrogen and oxygen atoms in total. The van der Waals surface area contributed by atoms with Crippen LogP contribution < -0.4 is 5.32 Å². The Morgan fingerprint density at radius 2 is 1.82 bits per heavy atom. The summed E-state index contributed by atoms with van der Waals surface area (Å²) in [6.07, 6.45) is 3.10. The van der Waals surface area contributed by atoms with Gasteiger partial charge in [0.25, 0.3) is 0 Å². The Morgan fingerprint density at radius 3 is 2.41 bits per heavy atom. The fraction of sp³-hybridized carbons (Fsp3) is 0.556. The summed E-state index contributed by atoms with van der Waals surface area (Å²) in [4.78, 5) is 23.8. The van der Waals surface area contributed by atoms with E-state index in [0.29, 0.717) is 12.8 Å². The van der Waals surface area contributed by atoms with Gasteiger partial charge in [-0.1, -0.05) is 36.6 Å². The maximum absolute atomic E-state index is 12.5. The standard InChI is InChI=1S/C18H25NO3/c1-11-8-9-14(12(2)10-11)13(3)19-17(20)15-6-4-5-7-16(15)18(21)22/h8-10,13,15-16H,4-7H2,1-3H3,(H,19,20)(H,21,22)/t13-,15-,16+/m0/s1. The third-order valence-corrected chi connectivity index (χ3v) is 4.67. The molecule has 1 saturated carbocycles. The number of aliphatic carboxylic acids is 1. The van der Waals surface area contributed by atoms with Gasteiger partial charge in [-0.05, 0) is 44.7 Å². The van der Waals surface area contributed by atoms with Crippen molar-refractivity contribution in [3.05, 3.63) is 34.9 Å². The van der Waals surface area contributed by atoms with Gasteiger partial charge in [0.2, 0.25) is 5.91 Å². The van der Waals surface area contributed by atoms with Gasteiger partial charge < -0.3 is 10.4 Å². The molecule has 0 unspecified atom stereocenters. The van der Waals surface area contributed by atoms with Crippen molar-refractivity contribution in [1.29, 1.82) is 0 Å². The van der Waals surface area contributed by atoms with Crippen molar-refractivity contribution in [2.75, 3.05) is 0 Å². The van der Waals surface area contributed by atoms with Crippen LogP contribution in [-0.4, -0.2) is 17.0 Å². The lowest BCUT2D eigenvalue weighted by Crippen LogP contribution is -2.40. The number of carbonyl (C=O) groups excluding carboxylic acids is 1. The molecule has 0 saturated heterocycles. The van der Waals surface area contributed by atoms with E-state index in [1.54, 1.807) is 0 Å². The van der Waals surface area contributed by atoms with E-state index < -0.39 is 17.8 Å². The number of aryl methyl sites for hydroxylation is 2. The molecule has 1 fully saturated rings. The Labute approximate surface area is 131 Å². The van der Waals surface area contributed by atoms with Crippen molar-refractivity contribution >= 4 is 11.9 Å². The smallest absolute Gasteiger partial charge is 0.307 e. The predicted molar refractivity (Wildman–Crippen MR) is 85.6 cm³/mol. The molecule has 4 heteroatoms. The number of hydrogen-bond donors (Lipinski definition) is 2.